The maximum atomic E-state index is 6.00. The van der Waals surface area contributed by atoms with Gasteiger partial charge < -0.3 is 29.3 Å². The smallest absolute Gasteiger partial charge is 0.228 e. The summed E-state index contributed by atoms with van der Waals surface area (Å²) in [5, 5.41) is 4.46. The van der Waals surface area contributed by atoms with Crippen molar-refractivity contribution in [1.29, 1.82) is 0 Å². The fraction of sp³-hybridized carbons (Fsp3) is 0.435. The van der Waals surface area contributed by atoms with Gasteiger partial charge in [0.2, 0.25) is 5.95 Å². The van der Waals surface area contributed by atoms with E-state index in [1.165, 1.54) is 0 Å². The molecule has 2 aromatic heterocycles. The summed E-state index contributed by atoms with van der Waals surface area (Å²) in [6, 6.07) is 10.1. The lowest BCUT2D eigenvalue weighted by molar-refractivity contribution is 0.122. The van der Waals surface area contributed by atoms with Crippen LogP contribution in [-0.4, -0.2) is 80.6 Å². The summed E-state index contributed by atoms with van der Waals surface area (Å²) in [5.74, 6) is 3.14. The van der Waals surface area contributed by atoms with E-state index in [4.69, 9.17) is 24.2 Å². The number of nitrogens with one attached hydrogen (secondary N) is 1. The van der Waals surface area contributed by atoms with E-state index in [9.17, 15) is 0 Å². The molecule has 168 valence electrons. The molecule has 32 heavy (non-hydrogen) atoms. The zero-order valence-electron chi connectivity index (χ0n) is 18.2. The molecule has 2 saturated heterocycles. The molecular weight excluding hydrogens is 408 g/mol. The van der Waals surface area contributed by atoms with Gasteiger partial charge in [-0.05, 0) is 12.1 Å². The number of para-hydroxylation sites is 1. The van der Waals surface area contributed by atoms with E-state index >= 15 is 0 Å². The van der Waals surface area contributed by atoms with Crippen LogP contribution in [0, 0.1) is 0 Å². The highest BCUT2D eigenvalue weighted by atomic mass is 16.5. The van der Waals surface area contributed by atoms with Crippen LogP contribution in [0.3, 0.4) is 0 Å². The first-order chi connectivity index (χ1) is 15.8. The number of nitrogens with zero attached hydrogens (tertiary/aromatic N) is 5. The van der Waals surface area contributed by atoms with E-state index in [2.05, 4.69) is 20.1 Å². The van der Waals surface area contributed by atoms with E-state index < -0.39 is 0 Å². The molecule has 0 radical (unpaired) electrons. The van der Waals surface area contributed by atoms with Gasteiger partial charge in [-0.1, -0.05) is 18.2 Å². The predicted octanol–water partition coefficient (Wildman–Crippen LogP) is 1.73. The van der Waals surface area contributed by atoms with Crippen molar-refractivity contribution in [2.45, 2.75) is 6.04 Å². The maximum Gasteiger partial charge on any atom is 0.228 e. The van der Waals surface area contributed by atoms with Gasteiger partial charge in [0.05, 0.1) is 44.1 Å². The molecule has 0 bridgehead atoms. The third-order valence-corrected chi connectivity index (χ3v) is 5.80. The average Bonchev–Trinajstić information content (AvgIpc) is 2.87. The van der Waals surface area contributed by atoms with E-state index in [-0.39, 0.29) is 6.04 Å². The first-order valence-corrected chi connectivity index (χ1v) is 11.0. The Morgan fingerprint density at radius 3 is 2.72 bits per heavy atom. The molecule has 1 N–H and O–H groups in total. The molecule has 0 spiro atoms. The molecule has 2 aliphatic heterocycles. The number of pyridine rings is 1. The van der Waals surface area contributed by atoms with Gasteiger partial charge in [-0.2, -0.15) is 4.98 Å². The highest BCUT2D eigenvalue weighted by Gasteiger charge is 2.26. The number of fused-ring (bicyclic) bond motifs is 1. The van der Waals surface area contributed by atoms with Crippen molar-refractivity contribution in [2.75, 3.05) is 69.5 Å². The number of rotatable bonds is 6. The SMILES string of the molecule is COc1cncc2nc(N3CCOCC3)nc(N3CCNC(COc4ccccc4)C3)c12. The number of methoxy groups -OCH3 is 1. The molecule has 9 heteroatoms. The summed E-state index contributed by atoms with van der Waals surface area (Å²) in [7, 11) is 1.66. The minimum atomic E-state index is 0.175. The van der Waals surface area contributed by atoms with Crippen LogP contribution in [0.4, 0.5) is 11.8 Å². The normalized spacial score (nSPS) is 19.2. The van der Waals surface area contributed by atoms with Crippen molar-refractivity contribution in [3.05, 3.63) is 42.7 Å². The van der Waals surface area contributed by atoms with Crippen molar-refractivity contribution in [2.24, 2.45) is 0 Å². The Hall–Kier alpha value is -3.17. The van der Waals surface area contributed by atoms with Crippen LogP contribution >= 0.6 is 0 Å². The molecule has 1 unspecified atom stereocenters. The minimum absolute atomic E-state index is 0.175. The van der Waals surface area contributed by atoms with Crippen molar-refractivity contribution < 1.29 is 14.2 Å². The number of anilines is 2. The fourth-order valence-corrected chi connectivity index (χ4v) is 4.16. The lowest BCUT2D eigenvalue weighted by Gasteiger charge is -2.35. The molecular formula is C23H28N6O3. The summed E-state index contributed by atoms with van der Waals surface area (Å²) in [4.78, 5) is 18.6. The summed E-state index contributed by atoms with van der Waals surface area (Å²) in [5.41, 5.74) is 0.784. The van der Waals surface area contributed by atoms with E-state index in [0.717, 1.165) is 55.2 Å². The fourth-order valence-electron chi connectivity index (χ4n) is 4.16. The van der Waals surface area contributed by atoms with Crippen LogP contribution in [0.5, 0.6) is 11.5 Å². The van der Waals surface area contributed by atoms with Crippen molar-refractivity contribution in [3.8, 4) is 11.5 Å². The Morgan fingerprint density at radius 2 is 1.91 bits per heavy atom. The number of morpholine rings is 1. The van der Waals surface area contributed by atoms with Gasteiger partial charge in [-0.15, -0.1) is 0 Å². The third kappa shape index (κ3) is 4.39. The molecule has 0 saturated carbocycles. The Bertz CT molecular complexity index is 1040. The summed E-state index contributed by atoms with van der Waals surface area (Å²) in [6.45, 7) is 5.94. The number of hydrogen-bond donors (Lipinski definition) is 1. The average molecular weight is 437 g/mol. The van der Waals surface area contributed by atoms with Crippen molar-refractivity contribution in [3.63, 3.8) is 0 Å². The first-order valence-electron chi connectivity index (χ1n) is 11.0. The molecule has 9 nitrogen and oxygen atoms in total. The molecule has 1 atom stereocenters. The van der Waals surface area contributed by atoms with Gasteiger partial charge >= 0.3 is 0 Å². The van der Waals surface area contributed by atoms with E-state index in [1.54, 1.807) is 19.5 Å². The van der Waals surface area contributed by atoms with Gasteiger partial charge in [0.1, 0.15) is 29.4 Å². The summed E-state index contributed by atoms with van der Waals surface area (Å²) >= 11 is 0. The largest absolute Gasteiger partial charge is 0.494 e. The second-order valence-corrected chi connectivity index (χ2v) is 7.90. The van der Waals surface area contributed by atoms with Gasteiger partial charge in [0.25, 0.3) is 0 Å². The predicted molar refractivity (Wildman–Crippen MR) is 123 cm³/mol. The first kappa shape index (κ1) is 20.7. The van der Waals surface area contributed by atoms with E-state index in [1.807, 2.05) is 30.3 Å². The van der Waals surface area contributed by atoms with E-state index in [0.29, 0.717) is 31.5 Å². The third-order valence-electron chi connectivity index (χ3n) is 5.80. The highest BCUT2D eigenvalue weighted by Crippen LogP contribution is 2.34. The van der Waals surface area contributed by atoms with Gasteiger partial charge in [-0.3, -0.25) is 4.98 Å². The summed E-state index contributed by atoms with van der Waals surface area (Å²) in [6.07, 6.45) is 3.51. The van der Waals surface area contributed by atoms with Crippen molar-refractivity contribution >= 4 is 22.7 Å². The summed E-state index contributed by atoms with van der Waals surface area (Å²) < 4.78 is 17.1. The molecule has 2 aliphatic rings. The Labute approximate surface area is 187 Å². The maximum absolute atomic E-state index is 6.00. The monoisotopic (exact) mass is 436 g/mol. The second kappa shape index (κ2) is 9.54. The lowest BCUT2D eigenvalue weighted by atomic mass is 10.2. The second-order valence-electron chi connectivity index (χ2n) is 7.90. The molecule has 5 rings (SSSR count). The number of benzene rings is 1. The molecule has 3 aromatic rings. The van der Waals surface area contributed by atoms with Crippen LogP contribution in [0.2, 0.25) is 0 Å². The Kier molecular flexibility index (Phi) is 6.17. The minimum Gasteiger partial charge on any atom is -0.494 e. The van der Waals surface area contributed by atoms with Gasteiger partial charge in [0, 0.05) is 32.7 Å². The standard InChI is InChI=1S/C23H28N6O3/c1-30-20-14-24-13-19-21(20)22(27-23(26-19)28-9-11-31-12-10-28)29-8-7-25-17(15-29)16-32-18-5-3-2-4-6-18/h2-6,13-14,17,25H,7-12,15-16H2,1H3. The zero-order valence-corrected chi connectivity index (χ0v) is 18.2. The number of hydrogen-bond acceptors (Lipinski definition) is 9. The van der Waals surface area contributed by atoms with Gasteiger partial charge in [0.15, 0.2) is 0 Å². The Balaban J connectivity index is 1.44. The Morgan fingerprint density at radius 1 is 1.06 bits per heavy atom. The topological polar surface area (TPSA) is 84.9 Å². The zero-order chi connectivity index (χ0) is 21.8. The molecule has 4 heterocycles. The van der Waals surface area contributed by atoms with Crippen LogP contribution in [0.15, 0.2) is 42.7 Å². The van der Waals surface area contributed by atoms with Crippen LogP contribution in [0.25, 0.3) is 10.9 Å². The van der Waals surface area contributed by atoms with Crippen molar-refractivity contribution in [1.82, 2.24) is 20.3 Å². The number of ether oxygens (including phenoxy) is 3. The van der Waals surface area contributed by atoms with Gasteiger partial charge in [-0.25, -0.2) is 4.98 Å². The molecule has 1 aromatic carbocycles. The molecule has 0 amide bonds. The molecule has 0 aliphatic carbocycles. The van der Waals surface area contributed by atoms with Crippen LogP contribution in [-0.2, 0) is 4.74 Å². The highest BCUT2D eigenvalue weighted by molar-refractivity contribution is 5.95. The lowest BCUT2D eigenvalue weighted by Crippen LogP contribution is -2.53. The van der Waals surface area contributed by atoms with Crippen LogP contribution in [0.1, 0.15) is 0 Å². The quantitative estimate of drug-likeness (QED) is 0.621. The number of piperazine rings is 1. The van der Waals surface area contributed by atoms with Crippen LogP contribution < -0.4 is 24.6 Å². The molecule has 2 fully saturated rings. The number of aromatic nitrogens is 3.